The molecule has 0 aromatic rings. The van der Waals surface area contributed by atoms with Crippen molar-refractivity contribution in [2.24, 2.45) is 0 Å². The van der Waals surface area contributed by atoms with Crippen LogP contribution in [0.25, 0.3) is 0 Å². The Morgan fingerprint density at radius 2 is 1.69 bits per heavy atom. The molecule has 5 nitrogen and oxygen atoms in total. The van der Waals surface area contributed by atoms with Gasteiger partial charge in [0.15, 0.2) is 0 Å². The molecule has 0 saturated heterocycles. The number of rotatable bonds is 4. The van der Waals surface area contributed by atoms with Gasteiger partial charge in [0.05, 0.1) is 20.8 Å². The van der Waals surface area contributed by atoms with Crippen molar-refractivity contribution in [3.05, 3.63) is 0 Å². The van der Waals surface area contributed by atoms with Crippen molar-refractivity contribution in [2.75, 3.05) is 20.8 Å². The van der Waals surface area contributed by atoms with Gasteiger partial charge in [0.1, 0.15) is 0 Å². The van der Waals surface area contributed by atoms with E-state index in [1.54, 1.807) is 13.8 Å². The standard InChI is InChI=1S/C5H10O2.C2H6O3P/c1-3-5(6)7-4-2;1-4-6(3)5-2/h3-4H2,1-2H3;1-2H3/q;+1. The van der Waals surface area contributed by atoms with Crippen LogP contribution < -0.4 is 0 Å². The first kappa shape index (κ1) is 15.0. The summed E-state index contributed by atoms with van der Waals surface area (Å²) in [5.41, 5.74) is 0. The maximum atomic E-state index is 10.2. The Morgan fingerprint density at radius 3 is 1.77 bits per heavy atom. The molecule has 0 heterocycles. The molecule has 0 amide bonds. The van der Waals surface area contributed by atoms with Gasteiger partial charge in [0.2, 0.25) is 0 Å². The molecular formula is C7H16O5P+. The van der Waals surface area contributed by atoms with Gasteiger partial charge < -0.3 is 4.74 Å². The van der Waals surface area contributed by atoms with Crippen LogP contribution in [0.1, 0.15) is 20.3 Å². The number of carbonyl (C=O) groups excluding carboxylic acids is 1. The van der Waals surface area contributed by atoms with E-state index in [0.717, 1.165) is 0 Å². The lowest BCUT2D eigenvalue weighted by atomic mass is 10.5. The van der Waals surface area contributed by atoms with Crippen molar-refractivity contribution >= 4 is 14.2 Å². The molecule has 0 bridgehead atoms. The van der Waals surface area contributed by atoms with Gasteiger partial charge in [-0.25, -0.2) is 0 Å². The predicted octanol–water partition coefficient (Wildman–Crippen LogP) is 1.90. The number of esters is 1. The molecule has 0 saturated carbocycles. The molecule has 0 radical (unpaired) electrons. The lowest BCUT2D eigenvalue weighted by molar-refractivity contribution is -0.142. The van der Waals surface area contributed by atoms with Crippen LogP contribution in [0.4, 0.5) is 0 Å². The fraction of sp³-hybridized carbons (Fsp3) is 0.857. The highest BCUT2D eigenvalue weighted by atomic mass is 31.1. The summed E-state index contributed by atoms with van der Waals surface area (Å²) < 4.78 is 22.8. The molecule has 0 unspecified atom stereocenters. The van der Waals surface area contributed by atoms with Crippen LogP contribution in [0.5, 0.6) is 0 Å². The third-order valence-corrected chi connectivity index (χ3v) is 1.49. The van der Waals surface area contributed by atoms with Crippen LogP contribution in [-0.2, 0) is 23.1 Å². The zero-order chi connectivity index (χ0) is 10.7. The molecule has 0 atom stereocenters. The minimum Gasteiger partial charge on any atom is -0.466 e. The first-order valence-electron chi connectivity index (χ1n) is 3.83. The highest BCUT2D eigenvalue weighted by Crippen LogP contribution is 2.18. The summed E-state index contributed by atoms with van der Waals surface area (Å²) in [5, 5.41) is 0. The fourth-order valence-electron chi connectivity index (χ4n) is 0.338. The van der Waals surface area contributed by atoms with E-state index in [1.807, 2.05) is 0 Å². The van der Waals surface area contributed by atoms with E-state index in [4.69, 9.17) is 0 Å². The molecule has 0 aliphatic rings. The summed E-state index contributed by atoms with van der Waals surface area (Å²) in [4.78, 5) is 10.2. The van der Waals surface area contributed by atoms with Crippen LogP contribution in [-0.4, -0.2) is 26.8 Å². The summed E-state index contributed by atoms with van der Waals surface area (Å²) in [5.74, 6) is -0.123. The summed E-state index contributed by atoms with van der Waals surface area (Å²) in [6.45, 7) is 4.07. The Morgan fingerprint density at radius 1 is 1.23 bits per heavy atom. The molecule has 0 rings (SSSR count). The van der Waals surface area contributed by atoms with E-state index in [-0.39, 0.29) is 5.97 Å². The summed E-state index contributed by atoms with van der Waals surface area (Å²) >= 11 is 0. The van der Waals surface area contributed by atoms with Crippen molar-refractivity contribution in [1.82, 2.24) is 0 Å². The van der Waals surface area contributed by atoms with Gasteiger partial charge in [0, 0.05) is 11.0 Å². The molecule has 0 fully saturated rings. The van der Waals surface area contributed by atoms with Crippen LogP contribution in [0.15, 0.2) is 0 Å². The third-order valence-electron chi connectivity index (χ3n) is 0.892. The Balaban J connectivity index is 0. The zero-order valence-corrected chi connectivity index (χ0v) is 9.30. The Kier molecular flexibility index (Phi) is 13.2. The Bertz CT molecular complexity index is 142. The molecule has 0 aromatic carbocycles. The van der Waals surface area contributed by atoms with Gasteiger partial charge >= 0.3 is 14.2 Å². The van der Waals surface area contributed by atoms with Gasteiger partial charge in [-0.1, -0.05) is 6.92 Å². The summed E-state index contributed by atoms with van der Waals surface area (Å²) in [6, 6.07) is 0. The number of ether oxygens (including phenoxy) is 1. The molecule has 0 aromatic heterocycles. The van der Waals surface area contributed by atoms with Crippen molar-refractivity contribution in [3.63, 3.8) is 0 Å². The van der Waals surface area contributed by atoms with Gasteiger partial charge in [-0.2, -0.15) is 0 Å². The SMILES string of the molecule is CCOC(=O)CC.CO[P+](=O)OC. The van der Waals surface area contributed by atoms with Crippen molar-refractivity contribution in [2.45, 2.75) is 20.3 Å². The highest BCUT2D eigenvalue weighted by Gasteiger charge is 2.10. The van der Waals surface area contributed by atoms with E-state index in [1.165, 1.54) is 14.2 Å². The van der Waals surface area contributed by atoms with Crippen molar-refractivity contribution in [1.29, 1.82) is 0 Å². The molecule has 78 valence electrons. The summed E-state index contributed by atoms with van der Waals surface area (Å²) in [7, 11) is 0.817. The first-order chi connectivity index (χ1) is 6.12. The van der Waals surface area contributed by atoms with Crippen LogP contribution in [0, 0.1) is 0 Å². The van der Waals surface area contributed by atoms with Gasteiger partial charge in [-0.15, -0.1) is 9.05 Å². The number of hydrogen-bond donors (Lipinski definition) is 0. The molecule has 0 aliphatic carbocycles. The van der Waals surface area contributed by atoms with E-state index in [9.17, 15) is 9.36 Å². The van der Waals surface area contributed by atoms with E-state index in [2.05, 4.69) is 13.8 Å². The van der Waals surface area contributed by atoms with Crippen LogP contribution in [0.2, 0.25) is 0 Å². The second-order valence-corrected chi connectivity index (χ2v) is 2.92. The second kappa shape index (κ2) is 11.5. The maximum absolute atomic E-state index is 10.2. The van der Waals surface area contributed by atoms with Crippen molar-refractivity contribution in [3.8, 4) is 0 Å². The van der Waals surface area contributed by atoms with Gasteiger partial charge in [-0.05, 0) is 6.92 Å². The van der Waals surface area contributed by atoms with Gasteiger partial charge in [0.25, 0.3) is 0 Å². The van der Waals surface area contributed by atoms with Gasteiger partial charge in [-0.3, -0.25) is 4.79 Å². The Labute approximate surface area is 79.3 Å². The molecular weight excluding hydrogens is 195 g/mol. The lowest BCUT2D eigenvalue weighted by Crippen LogP contribution is -2.00. The Hall–Kier alpha value is -0.510. The number of hydrogen-bond acceptors (Lipinski definition) is 5. The average molecular weight is 211 g/mol. The smallest absolute Gasteiger partial charge is 0.466 e. The first-order valence-corrected chi connectivity index (χ1v) is 4.92. The minimum absolute atomic E-state index is 0.123. The number of carbonyl (C=O) groups is 1. The predicted molar refractivity (Wildman–Crippen MR) is 48.5 cm³/mol. The molecule has 0 N–H and O–H groups in total. The monoisotopic (exact) mass is 211 g/mol. The molecule has 13 heavy (non-hydrogen) atoms. The average Bonchev–Trinajstić information content (AvgIpc) is 2.18. The van der Waals surface area contributed by atoms with Crippen molar-refractivity contribution < 1.29 is 23.1 Å². The quantitative estimate of drug-likeness (QED) is 0.525. The zero-order valence-electron chi connectivity index (χ0n) is 8.40. The van der Waals surface area contributed by atoms with E-state index in [0.29, 0.717) is 13.0 Å². The lowest BCUT2D eigenvalue weighted by Gasteiger charge is -1.93. The minimum atomic E-state index is -1.83. The van der Waals surface area contributed by atoms with E-state index >= 15 is 0 Å². The van der Waals surface area contributed by atoms with E-state index < -0.39 is 8.25 Å². The fourth-order valence-corrected chi connectivity index (χ4v) is 0.487. The van der Waals surface area contributed by atoms with Crippen LogP contribution in [0.3, 0.4) is 0 Å². The molecule has 0 aliphatic heterocycles. The van der Waals surface area contributed by atoms with Crippen LogP contribution >= 0.6 is 8.25 Å². The maximum Gasteiger partial charge on any atom is 0.696 e. The summed E-state index contributed by atoms with van der Waals surface area (Å²) in [6.07, 6.45) is 0.480. The second-order valence-electron chi connectivity index (χ2n) is 1.75. The normalized spacial score (nSPS) is 8.31. The molecule has 6 heteroatoms. The highest BCUT2D eigenvalue weighted by molar-refractivity contribution is 7.33. The topological polar surface area (TPSA) is 61.8 Å². The largest absolute Gasteiger partial charge is 0.696 e. The third kappa shape index (κ3) is 14.4. The molecule has 0 spiro atoms.